The zero-order valence-corrected chi connectivity index (χ0v) is 10.9. The molecule has 0 unspecified atom stereocenters. The van der Waals surface area contributed by atoms with Gasteiger partial charge in [-0.15, -0.1) is 0 Å². The van der Waals surface area contributed by atoms with Crippen molar-refractivity contribution in [3.63, 3.8) is 0 Å². The molecule has 2 aromatic rings. The molecule has 1 amide bonds. The first-order chi connectivity index (χ1) is 9.13. The molecular formula is C15H17N3O. The fraction of sp³-hybridized carbons (Fsp3) is 0.200. The number of nitrogens with zero attached hydrogens (tertiary/aromatic N) is 1. The number of aryl methyl sites for hydroxylation is 2. The lowest BCUT2D eigenvalue weighted by Gasteiger charge is -2.05. The molecular weight excluding hydrogens is 238 g/mol. The van der Waals surface area contributed by atoms with Crippen molar-refractivity contribution in [2.45, 2.75) is 19.8 Å². The quantitative estimate of drug-likeness (QED) is 0.882. The first-order valence-electron chi connectivity index (χ1n) is 6.20. The molecule has 98 valence electrons. The van der Waals surface area contributed by atoms with Crippen LogP contribution in [0.1, 0.15) is 17.5 Å². The number of amides is 1. The Kier molecular flexibility index (Phi) is 4.13. The van der Waals surface area contributed by atoms with E-state index in [9.17, 15) is 4.79 Å². The number of nitrogens with one attached hydrogen (secondary N) is 1. The van der Waals surface area contributed by atoms with Crippen molar-refractivity contribution in [3.8, 4) is 0 Å². The van der Waals surface area contributed by atoms with Gasteiger partial charge in [-0.25, -0.2) is 4.98 Å². The van der Waals surface area contributed by atoms with Crippen LogP contribution in [0.3, 0.4) is 0 Å². The lowest BCUT2D eigenvalue weighted by molar-refractivity contribution is -0.116. The Balaban J connectivity index is 1.86. The second kappa shape index (κ2) is 6.00. The number of pyridine rings is 1. The summed E-state index contributed by atoms with van der Waals surface area (Å²) in [7, 11) is 0. The van der Waals surface area contributed by atoms with Gasteiger partial charge in [0.25, 0.3) is 0 Å². The van der Waals surface area contributed by atoms with E-state index >= 15 is 0 Å². The van der Waals surface area contributed by atoms with Gasteiger partial charge < -0.3 is 11.1 Å². The summed E-state index contributed by atoms with van der Waals surface area (Å²) in [5.74, 6) is 0.488. The Hall–Kier alpha value is -2.36. The van der Waals surface area contributed by atoms with E-state index in [1.165, 1.54) is 17.3 Å². The highest BCUT2D eigenvalue weighted by molar-refractivity contribution is 5.89. The lowest BCUT2D eigenvalue weighted by Crippen LogP contribution is -2.13. The Morgan fingerprint density at radius 1 is 1.32 bits per heavy atom. The van der Waals surface area contributed by atoms with Crippen molar-refractivity contribution in [1.82, 2.24) is 4.98 Å². The number of carbonyl (C=O) groups excluding carboxylic acids is 1. The molecule has 0 saturated carbocycles. The molecule has 1 aromatic heterocycles. The largest absolute Gasteiger partial charge is 0.397 e. The summed E-state index contributed by atoms with van der Waals surface area (Å²) >= 11 is 0. The summed E-state index contributed by atoms with van der Waals surface area (Å²) in [6.07, 6.45) is 2.69. The first kappa shape index (κ1) is 13.1. The first-order valence-corrected chi connectivity index (χ1v) is 6.20. The van der Waals surface area contributed by atoms with Gasteiger partial charge in [0, 0.05) is 6.42 Å². The van der Waals surface area contributed by atoms with Crippen LogP contribution in [-0.2, 0) is 11.2 Å². The number of rotatable bonds is 4. The van der Waals surface area contributed by atoms with Crippen LogP contribution in [0.25, 0.3) is 0 Å². The third-order valence-electron chi connectivity index (χ3n) is 2.78. The third kappa shape index (κ3) is 4.10. The molecule has 1 aromatic carbocycles. The Morgan fingerprint density at radius 3 is 2.84 bits per heavy atom. The van der Waals surface area contributed by atoms with Gasteiger partial charge in [-0.05, 0) is 31.0 Å². The van der Waals surface area contributed by atoms with Crippen LogP contribution < -0.4 is 11.1 Å². The maximum atomic E-state index is 11.8. The zero-order valence-electron chi connectivity index (χ0n) is 10.9. The normalized spacial score (nSPS) is 10.2. The molecule has 0 fully saturated rings. The number of benzene rings is 1. The van der Waals surface area contributed by atoms with E-state index < -0.39 is 0 Å². The van der Waals surface area contributed by atoms with E-state index in [0.717, 1.165) is 6.42 Å². The number of carbonyl (C=O) groups is 1. The van der Waals surface area contributed by atoms with Crippen molar-refractivity contribution >= 4 is 17.4 Å². The smallest absolute Gasteiger partial charge is 0.225 e. The minimum atomic E-state index is -0.0428. The highest BCUT2D eigenvalue weighted by Gasteiger charge is 2.04. The predicted molar refractivity (Wildman–Crippen MR) is 76.8 cm³/mol. The maximum absolute atomic E-state index is 11.8. The van der Waals surface area contributed by atoms with E-state index in [4.69, 9.17) is 5.73 Å². The van der Waals surface area contributed by atoms with Gasteiger partial charge in [0.05, 0.1) is 11.9 Å². The average Bonchev–Trinajstić information content (AvgIpc) is 2.39. The summed E-state index contributed by atoms with van der Waals surface area (Å²) in [6, 6.07) is 11.6. The van der Waals surface area contributed by atoms with Crippen LogP contribution in [-0.4, -0.2) is 10.9 Å². The van der Waals surface area contributed by atoms with E-state index in [2.05, 4.69) is 16.4 Å². The Bertz CT molecular complexity index is 564. The lowest BCUT2D eigenvalue weighted by atomic mass is 10.1. The van der Waals surface area contributed by atoms with E-state index in [0.29, 0.717) is 17.9 Å². The van der Waals surface area contributed by atoms with Crippen molar-refractivity contribution < 1.29 is 4.79 Å². The SMILES string of the molecule is Cc1cccc(CCC(=O)Nc2ccc(N)cn2)c1. The van der Waals surface area contributed by atoms with Gasteiger partial charge in [0.15, 0.2) is 0 Å². The zero-order chi connectivity index (χ0) is 13.7. The third-order valence-corrected chi connectivity index (χ3v) is 2.78. The molecule has 0 aliphatic carbocycles. The molecule has 3 N–H and O–H groups in total. The standard InChI is InChI=1S/C15H17N3O/c1-11-3-2-4-12(9-11)5-8-15(19)18-14-7-6-13(16)10-17-14/h2-4,6-7,9-10H,5,8,16H2,1H3,(H,17,18,19). The molecule has 0 bridgehead atoms. The monoisotopic (exact) mass is 255 g/mol. The van der Waals surface area contributed by atoms with Crippen LogP contribution in [0, 0.1) is 6.92 Å². The number of nitrogen functional groups attached to an aromatic ring is 1. The van der Waals surface area contributed by atoms with Crippen molar-refractivity contribution in [2.75, 3.05) is 11.1 Å². The molecule has 0 aliphatic rings. The molecule has 0 spiro atoms. The molecule has 1 heterocycles. The topological polar surface area (TPSA) is 68.0 Å². The highest BCUT2D eigenvalue weighted by Crippen LogP contribution is 2.09. The Morgan fingerprint density at radius 2 is 2.16 bits per heavy atom. The van der Waals surface area contributed by atoms with Crippen LogP contribution in [0.5, 0.6) is 0 Å². The summed E-state index contributed by atoms with van der Waals surface area (Å²) < 4.78 is 0. The molecule has 2 rings (SSSR count). The number of nitrogens with two attached hydrogens (primary N) is 1. The van der Waals surface area contributed by atoms with Gasteiger partial charge in [0.2, 0.25) is 5.91 Å². The number of anilines is 2. The van der Waals surface area contributed by atoms with Gasteiger partial charge in [-0.2, -0.15) is 0 Å². The molecule has 4 heteroatoms. The highest BCUT2D eigenvalue weighted by atomic mass is 16.1. The van der Waals surface area contributed by atoms with E-state index in [1.54, 1.807) is 12.1 Å². The van der Waals surface area contributed by atoms with Gasteiger partial charge in [0.1, 0.15) is 5.82 Å². The molecule has 0 atom stereocenters. The minimum Gasteiger partial charge on any atom is -0.397 e. The van der Waals surface area contributed by atoms with E-state index in [-0.39, 0.29) is 5.91 Å². The molecule has 19 heavy (non-hydrogen) atoms. The van der Waals surface area contributed by atoms with Crippen LogP contribution in [0.2, 0.25) is 0 Å². The minimum absolute atomic E-state index is 0.0428. The van der Waals surface area contributed by atoms with Gasteiger partial charge in [-0.3, -0.25) is 4.79 Å². The van der Waals surface area contributed by atoms with Crippen LogP contribution in [0.4, 0.5) is 11.5 Å². The molecule has 0 radical (unpaired) electrons. The second-order valence-electron chi connectivity index (χ2n) is 4.51. The Labute approximate surface area is 112 Å². The second-order valence-corrected chi connectivity index (χ2v) is 4.51. The number of aromatic nitrogens is 1. The molecule has 4 nitrogen and oxygen atoms in total. The molecule has 0 saturated heterocycles. The van der Waals surface area contributed by atoms with Gasteiger partial charge in [-0.1, -0.05) is 29.8 Å². The van der Waals surface area contributed by atoms with Gasteiger partial charge >= 0.3 is 0 Å². The number of hydrogen-bond donors (Lipinski definition) is 2. The fourth-order valence-electron chi connectivity index (χ4n) is 1.81. The summed E-state index contributed by atoms with van der Waals surface area (Å²) in [5.41, 5.74) is 8.49. The van der Waals surface area contributed by atoms with E-state index in [1.807, 2.05) is 25.1 Å². The average molecular weight is 255 g/mol. The van der Waals surface area contributed by atoms with Crippen molar-refractivity contribution in [3.05, 3.63) is 53.7 Å². The van der Waals surface area contributed by atoms with Crippen LogP contribution in [0.15, 0.2) is 42.6 Å². The van der Waals surface area contributed by atoms with Crippen LogP contribution >= 0.6 is 0 Å². The summed E-state index contributed by atoms with van der Waals surface area (Å²) in [5, 5.41) is 2.75. The molecule has 0 aliphatic heterocycles. The van der Waals surface area contributed by atoms with Crippen molar-refractivity contribution in [2.24, 2.45) is 0 Å². The van der Waals surface area contributed by atoms with Crippen molar-refractivity contribution in [1.29, 1.82) is 0 Å². The predicted octanol–water partition coefficient (Wildman–Crippen LogP) is 2.54. The summed E-state index contributed by atoms with van der Waals surface area (Å²) in [4.78, 5) is 15.8. The maximum Gasteiger partial charge on any atom is 0.225 e. The summed E-state index contributed by atoms with van der Waals surface area (Å²) in [6.45, 7) is 2.04. The fourth-order valence-corrected chi connectivity index (χ4v) is 1.81. The number of hydrogen-bond acceptors (Lipinski definition) is 3.